The van der Waals surface area contributed by atoms with Crippen molar-refractivity contribution in [2.24, 2.45) is 0 Å². The van der Waals surface area contributed by atoms with Crippen molar-refractivity contribution in [3.8, 4) is 11.5 Å². The van der Waals surface area contributed by atoms with Gasteiger partial charge in [0.2, 0.25) is 0 Å². The number of para-hydroxylation sites is 1. The highest BCUT2D eigenvalue weighted by Gasteiger charge is 2.15. The summed E-state index contributed by atoms with van der Waals surface area (Å²) in [5.41, 5.74) is 1.47. The molecule has 1 saturated heterocycles. The predicted molar refractivity (Wildman–Crippen MR) is 133 cm³/mol. The van der Waals surface area contributed by atoms with Crippen LogP contribution in [0.1, 0.15) is 28.9 Å². The van der Waals surface area contributed by atoms with E-state index in [1.165, 1.54) is 24.2 Å². The van der Waals surface area contributed by atoms with Crippen LogP contribution in [-0.4, -0.2) is 47.0 Å². The Labute approximate surface area is 204 Å². The number of anilines is 2. The first-order chi connectivity index (χ1) is 14.7. The van der Waals surface area contributed by atoms with E-state index in [-0.39, 0.29) is 30.7 Å². The molecule has 0 unspecified atom stereocenters. The van der Waals surface area contributed by atoms with Gasteiger partial charge in [-0.25, -0.2) is 9.97 Å². The SMILES string of the molecule is Cc1csc(Nc2cc(Oc3ccccc3C(=O)NCCN3CCCC3)ccn2)n1.Cl.Cl. The molecule has 32 heavy (non-hydrogen) atoms. The largest absolute Gasteiger partial charge is 0.456 e. The molecule has 0 aliphatic carbocycles. The molecule has 0 saturated carbocycles. The Kier molecular flexibility index (Phi) is 10.2. The Balaban J connectivity index is 0.00000181. The van der Waals surface area contributed by atoms with Gasteiger partial charge in [0.05, 0.1) is 11.3 Å². The lowest BCUT2D eigenvalue weighted by molar-refractivity contribution is 0.0947. The Morgan fingerprint density at radius 2 is 1.97 bits per heavy atom. The van der Waals surface area contributed by atoms with Crippen LogP contribution >= 0.6 is 36.2 Å². The molecule has 4 rings (SSSR count). The van der Waals surface area contributed by atoms with Gasteiger partial charge in [-0.05, 0) is 51.1 Å². The maximum atomic E-state index is 12.7. The van der Waals surface area contributed by atoms with Crippen molar-refractivity contribution in [1.29, 1.82) is 0 Å². The molecule has 0 bridgehead atoms. The number of carbonyl (C=O) groups excluding carboxylic acids is 1. The minimum atomic E-state index is -0.129. The molecule has 0 atom stereocenters. The van der Waals surface area contributed by atoms with Crippen molar-refractivity contribution in [3.63, 3.8) is 0 Å². The first-order valence-electron chi connectivity index (χ1n) is 10.1. The van der Waals surface area contributed by atoms with Crippen molar-refractivity contribution in [2.45, 2.75) is 19.8 Å². The molecular formula is C22H27Cl2N5O2S. The molecular weight excluding hydrogens is 469 g/mol. The van der Waals surface area contributed by atoms with E-state index in [2.05, 4.69) is 25.5 Å². The number of aromatic nitrogens is 2. The molecule has 0 radical (unpaired) electrons. The molecule has 3 aromatic rings. The molecule has 1 aromatic carbocycles. The number of likely N-dealkylation sites (tertiary alicyclic amines) is 1. The Bertz CT molecular complexity index is 1010. The minimum absolute atomic E-state index is 0. The number of halogens is 2. The third kappa shape index (κ3) is 7.06. The molecule has 172 valence electrons. The lowest BCUT2D eigenvalue weighted by atomic mass is 10.2. The molecule has 3 heterocycles. The smallest absolute Gasteiger partial charge is 0.255 e. The van der Waals surface area contributed by atoms with Crippen LogP contribution < -0.4 is 15.4 Å². The fraction of sp³-hybridized carbons (Fsp3) is 0.318. The van der Waals surface area contributed by atoms with Gasteiger partial charge in [0.1, 0.15) is 17.3 Å². The zero-order valence-corrected chi connectivity index (χ0v) is 20.2. The maximum Gasteiger partial charge on any atom is 0.255 e. The summed E-state index contributed by atoms with van der Waals surface area (Å²) in [6.45, 7) is 5.69. The third-order valence-corrected chi connectivity index (χ3v) is 5.73. The molecule has 2 aromatic heterocycles. The minimum Gasteiger partial charge on any atom is -0.456 e. The van der Waals surface area contributed by atoms with Gasteiger partial charge in [0.15, 0.2) is 5.13 Å². The monoisotopic (exact) mass is 495 g/mol. The number of rotatable bonds is 8. The predicted octanol–water partition coefficient (Wildman–Crippen LogP) is 5.05. The number of aryl methyl sites for hydroxylation is 1. The quantitative estimate of drug-likeness (QED) is 0.454. The lowest BCUT2D eigenvalue weighted by Gasteiger charge is -2.15. The van der Waals surface area contributed by atoms with Gasteiger partial charge in [0.25, 0.3) is 5.91 Å². The van der Waals surface area contributed by atoms with Crippen LogP contribution in [0.15, 0.2) is 48.0 Å². The number of nitrogens with zero attached hydrogens (tertiary/aromatic N) is 3. The van der Waals surface area contributed by atoms with E-state index in [0.29, 0.717) is 29.4 Å². The van der Waals surface area contributed by atoms with Gasteiger partial charge in [-0.15, -0.1) is 36.2 Å². The van der Waals surface area contributed by atoms with E-state index >= 15 is 0 Å². The Hall–Kier alpha value is -2.39. The van der Waals surface area contributed by atoms with E-state index in [0.717, 1.165) is 30.5 Å². The normalized spacial score (nSPS) is 13.0. The molecule has 2 N–H and O–H groups in total. The van der Waals surface area contributed by atoms with Crippen LogP contribution in [-0.2, 0) is 0 Å². The highest BCUT2D eigenvalue weighted by molar-refractivity contribution is 7.13. The average molecular weight is 496 g/mol. The summed E-state index contributed by atoms with van der Waals surface area (Å²) < 4.78 is 6.03. The van der Waals surface area contributed by atoms with Crippen molar-refractivity contribution in [2.75, 3.05) is 31.5 Å². The molecule has 1 aliphatic rings. The number of hydrogen-bond donors (Lipinski definition) is 2. The highest BCUT2D eigenvalue weighted by atomic mass is 35.5. The number of hydrogen-bond acceptors (Lipinski definition) is 7. The first kappa shape index (κ1) is 25.9. The van der Waals surface area contributed by atoms with E-state index < -0.39 is 0 Å². The van der Waals surface area contributed by atoms with Crippen LogP contribution in [0.4, 0.5) is 10.9 Å². The van der Waals surface area contributed by atoms with Crippen LogP contribution in [0.5, 0.6) is 11.5 Å². The van der Waals surface area contributed by atoms with Gasteiger partial charge >= 0.3 is 0 Å². The molecule has 10 heteroatoms. The van der Waals surface area contributed by atoms with E-state index in [9.17, 15) is 4.79 Å². The topological polar surface area (TPSA) is 79.4 Å². The van der Waals surface area contributed by atoms with Crippen molar-refractivity contribution in [3.05, 3.63) is 59.2 Å². The van der Waals surface area contributed by atoms with Gasteiger partial charge in [0, 0.05) is 30.7 Å². The molecule has 1 fully saturated rings. The number of amides is 1. The number of benzene rings is 1. The van der Waals surface area contributed by atoms with Gasteiger partial charge < -0.3 is 20.3 Å². The van der Waals surface area contributed by atoms with Crippen LogP contribution in [0.2, 0.25) is 0 Å². The number of pyridine rings is 1. The van der Waals surface area contributed by atoms with Crippen molar-refractivity contribution >= 4 is 53.0 Å². The zero-order valence-electron chi connectivity index (χ0n) is 17.7. The zero-order chi connectivity index (χ0) is 20.8. The van der Waals surface area contributed by atoms with Gasteiger partial charge in [-0.2, -0.15) is 0 Å². The third-order valence-electron chi connectivity index (χ3n) is 4.86. The fourth-order valence-corrected chi connectivity index (χ4v) is 4.06. The van der Waals surface area contributed by atoms with Gasteiger partial charge in [-0.3, -0.25) is 4.79 Å². The Morgan fingerprint density at radius 1 is 1.19 bits per heavy atom. The van der Waals surface area contributed by atoms with Crippen LogP contribution in [0.3, 0.4) is 0 Å². The van der Waals surface area contributed by atoms with Crippen molar-refractivity contribution in [1.82, 2.24) is 20.2 Å². The summed E-state index contributed by atoms with van der Waals surface area (Å²) in [5.74, 6) is 1.61. The Morgan fingerprint density at radius 3 is 2.72 bits per heavy atom. The van der Waals surface area contributed by atoms with Gasteiger partial charge in [-0.1, -0.05) is 12.1 Å². The van der Waals surface area contributed by atoms with E-state index in [4.69, 9.17) is 4.74 Å². The summed E-state index contributed by atoms with van der Waals surface area (Å²) in [4.78, 5) is 23.8. The van der Waals surface area contributed by atoms with Crippen LogP contribution in [0.25, 0.3) is 0 Å². The summed E-state index contributed by atoms with van der Waals surface area (Å²) in [6, 6.07) is 10.8. The molecule has 1 aliphatic heterocycles. The first-order valence-corrected chi connectivity index (χ1v) is 11.0. The number of nitrogens with one attached hydrogen (secondary N) is 2. The second-order valence-electron chi connectivity index (χ2n) is 7.20. The standard InChI is InChI=1S/C22H25N5O2S.2ClH/c1-16-15-30-22(25-16)26-20-14-17(8-9-23-20)29-19-7-3-2-6-18(19)21(28)24-10-13-27-11-4-5-12-27;;/h2-3,6-9,14-15H,4-5,10-13H2,1H3,(H,24,28)(H,23,25,26);2*1H. The van der Waals surface area contributed by atoms with Crippen LogP contribution in [0, 0.1) is 6.92 Å². The summed E-state index contributed by atoms with van der Waals surface area (Å²) in [7, 11) is 0. The fourth-order valence-electron chi connectivity index (χ4n) is 3.36. The summed E-state index contributed by atoms with van der Waals surface area (Å²) in [5, 5.41) is 8.93. The highest BCUT2D eigenvalue weighted by Crippen LogP contribution is 2.28. The average Bonchev–Trinajstić information content (AvgIpc) is 3.40. The van der Waals surface area contributed by atoms with Crippen molar-refractivity contribution < 1.29 is 9.53 Å². The van der Waals surface area contributed by atoms with E-state index in [1.54, 1.807) is 30.5 Å². The summed E-state index contributed by atoms with van der Waals surface area (Å²) in [6.07, 6.45) is 4.15. The molecule has 0 spiro atoms. The van der Waals surface area contributed by atoms with E-state index in [1.807, 2.05) is 24.4 Å². The maximum absolute atomic E-state index is 12.7. The number of thiazole rings is 1. The molecule has 7 nitrogen and oxygen atoms in total. The second kappa shape index (κ2) is 12.6. The number of carbonyl (C=O) groups is 1. The molecule has 1 amide bonds. The lowest BCUT2D eigenvalue weighted by Crippen LogP contribution is -2.33. The number of ether oxygens (including phenoxy) is 1. The summed E-state index contributed by atoms with van der Waals surface area (Å²) >= 11 is 1.52. The second-order valence-corrected chi connectivity index (χ2v) is 8.06.